The fraction of sp³-hybridized carbons (Fsp3) is 0.300. The highest BCUT2D eigenvalue weighted by molar-refractivity contribution is 9.10. The Morgan fingerprint density at radius 3 is 2.42 bits per heavy atom. The molecule has 12 heavy (non-hydrogen) atoms. The van der Waals surface area contributed by atoms with Crippen LogP contribution in [0.15, 0.2) is 22.7 Å². The Kier molecular flexibility index (Phi) is 3.15. The van der Waals surface area contributed by atoms with Crippen molar-refractivity contribution in [3.63, 3.8) is 0 Å². The molecule has 1 aromatic rings. The lowest BCUT2D eigenvalue weighted by Gasteiger charge is -2.07. The second kappa shape index (κ2) is 3.94. The van der Waals surface area contributed by atoms with Gasteiger partial charge in [-0.15, -0.1) is 0 Å². The molecule has 1 nitrogen and oxygen atoms in total. The van der Waals surface area contributed by atoms with Gasteiger partial charge in [0, 0.05) is 0 Å². The van der Waals surface area contributed by atoms with E-state index in [0.717, 1.165) is 10.2 Å². The number of hydrogen-bond donors (Lipinski definition) is 0. The molecule has 0 fully saturated rings. The molecule has 0 N–H and O–H groups in total. The zero-order chi connectivity index (χ0) is 9.14. The van der Waals surface area contributed by atoms with E-state index in [1.165, 1.54) is 11.5 Å². The first kappa shape index (κ1) is 9.59. The van der Waals surface area contributed by atoms with Crippen molar-refractivity contribution in [2.75, 3.05) is 7.11 Å². The monoisotopic (exact) mass is 227 g/mol. The maximum atomic E-state index is 5.12. The van der Waals surface area contributed by atoms with Gasteiger partial charge in [-0.3, -0.25) is 0 Å². The molecule has 0 amide bonds. The Balaban J connectivity index is 3.02. The molecular formula is C10H12BrO. The first-order chi connectivity index (χ1) is 5.65. The molecule has 0 aromatic heterocycles. The Labute approximate surface area is 81.9 Å². The van der Waals surface area contributed by atoms with Crippen LogP contribution in [0, 0.1) is 5.92 Å². The molecule has 0 unspecified atom stereocenters. The van der Waals surface area contributed by atoms with Crippen LogP contribution in [0.1, 0.15) is 19.4 Å². The maximum Gasteiger partial charge on any atom is 0.133 e. The van der Waals surface area contributed by atoms with Crippen molar-refractivity contribution in [2.45, 2.75) is 13.8 Å². The summed E-state index contributed by atoms with van der Waals surface area (Å²) in [6.07, 6.45) is 0. The van der Waals surface area contributed by atoms with E-state index in [9.17, 15) is 0 Å². The van der Waals surface area contributed by atoms with E-state index in [1.54, 1.807) is 7.11 Å². The minimum atomic E-state index is 0.875. The summed E-state index contributed by atoms with van der Waals surface area (Å²) >= 11 is 3.44. The highest BCUT2D eigenvalue weighted by Crippen LogP contribution is 2.27. The number of halogens is 1. The second-order valence-corrected chi connectivity index (χ2v) is 3.70. The van der Waals surface area contributed by atoms with Crippen molar-refractivity contribution in [2.24, 2.45) is 0 Å². The molecule has 2 heteroatoms. The van der Waals surface area contributed by atoms with Gasteiger partial charge < -0.3 is 4.74 Å². The molecule has 0 heterocycles. The van der Waals surface area contributed by atoms with Crippen LogP contribution >= 0.6 is 15.9 Å². The molecule has 0 saturated carbocycles. The lowest BCUT2D eigenvalue weighted by molar-refractivity contribution is 0.412. The van der Waals surface area contributed by atoms with Crippen LogP contribution in [0.5, 0.6) is 5.75 Å². The van der Waals surface area contributed by atoms with E-state index in [-0.39, 0.29) is 0 Å². The summed E-state index contributed by atoms with van der Waals surface area (Å²) in [5.41, 5.74) is 1.24. The highest BCUT2D eigenvalue weighted by Gasteiger charge is 2.03. The van der Waals surface area contributed by atoms with Gasteiger partial charge in [-0.05, 0) is 39.5 Å². The fourth-order valence-corrected chi connectivity index (χ4v) is 1.52. The van der Waals surface area contributed by atoms with Crippen LogP contribution in [0.4, 0.5) is 0 Å². The minimum absolute atomic E-state index is 0.875. The van der Waals surface area contributed by atoms with Crippen LogP contribution in [-0.4, -0.2) is 7.11 Å². The molecular weight excluding hydrogens is 216 g/mol. The smallest absolute Gasteiger partial charge is 0.133 e. The summed E-state index contributed by atoms with van der Waals surface area (Å²) in [6, 6.07) is 6.08. The molecule has 1 radical (unpaired) electrons. The molecule has 0 saturated heterocycles. The van der Waals surface area contributed by atoms with Crippen molar-refractivity contribution >= 4 is 15.9 Å². The molecule has 1 aromatic carbocycles. The van der Waals surface area contributed by atoms with Gasteiger partial charge in [0.1, 0.15) is 5.75 Å². The standard InChI is InChI=1S/C10H12BrO/c1-7(2)8-4-5-10(12-3)9(11)6-8/h4-6H,1-3H3. The van der Waals surface area contributed by atoms with E-state index in [1.807, 2.05) is 6.07 Å². The van der Waals surface area contributed by atoms with E-state index in [2.05, 4.69) is 41.9 Å². The Bertz CT molecular complexity index is 269. The predicted molar refractivity (Wildman–Crippen MR) is 54.4 cm³/mol. The van der Waals surface area contributed by atoms with Gasteiger partial charge in [-0.2, -0.15) is 0 Å². The van der Waals surface area contributed by atoms with Crippen molar-refractivity contribution in [1.82, 2.24) is 0 Å². The average Bonchev–Trinajstić information content (AvgIpc) is 2.04. The third-order valence-electron chi connectivity index (χ3n) is 1.73. The van der Waals surface area contributed by atoms with Gasteiger partial charge in [0.05, 0.1) is 11.6 Å². The van der Waals surface area contributed by atoms with Crippen molar-refractivity contribution in [1.29, 1.82) is 0 Å². The van der Waals surface area contributed by atoms with Gasteiger partial charge in [-0.1, -0.05) is 19.9 Å². The molecule has 0 bridgehead atoms. The quantitative estimate of drug-likeness (QED) is 0.753. The Morgan fingerprint density at radius 1 is 1.33 bits per heavy atom. The first-order valence-corrected chi connectivity index (χ1v) is 4.58. The largest absolute Gasteiger partial charge is 0.496 e. The summed E-state index contributed by atoms with van der Waals surface area (Å²) in [7, 11) is 1.67. The van der Waals surface area contributed by atoms with Gasteiger partial charge in [0.2, 0.25) is 0 Å². The summed E-state index contributed by atoms with van der Waals surface area (Å²) in [5.74, 6) is 2.18. The molecule has 1 rings (SSSR count). The lowest BCUT2D eigenvalue weighted by atomic mass is 10.0. The number of hydrogen-bond acceptors (Lipinski definition) is 1. The average molecular weight is 228 g/mol. The topological polar surface area (TPSA) is 9.23 Å². The van der Waals surface area contributed by atoms with E-state index in [0.29, 0.717) is 0 Å². The first-order valence-electron chi connectivity index (χ1n) is 3.79. The molecule has 0 atom stereocenters. The van der Waals surface area contributed by atoms with Crippen molar-refractivity contribution in [3.8, 4) is 5.75 Å². The van der Waals surface area contributed by atoms with Gasteiger partial charge in [-0.25, -0.2) is 0 Å². The predicted octanol–water partition coefficient (Wildman–Crippen LogP) is 3.42. The molecule has 0 spiro atoms. The van der Waals surface area contributed by atoms with Crippen molar-refractivity contribution in [3.05, 3.63) is 34.2 Å². The molecule has 0 aliphatic rings. The van der Waals surface area contributed by atoms with Crippen LogP contribution in [-0.2, 0) is 0 Å². The minimum Gasteiger partial charge on any atom is -0.496 e. The summed E-state index contributed by atoms with van der Waals surface area (Å²) in [5, 5.41) is 0. The summed E-state index contributed by atoms with van der Waals surface area (Å²) in [4.78, 5) is 0. The number of methoxy groups -OCH3 is 1. The zero-order valence-electron chi connectivity index (χ0n) is 7.52. The zero-order valence-corrected chi connectivity index (χ0v) is 9.10. The normalized spacial score (nSPS) is 10.4. The van der Waals surface area contributed by atoms with E-state index in [4.69, 9.17) is 4.74 Å². The second-order valence-electron chi connectivity index (χ2n) is 2.85. The Hall–Kier alpha value is -0.500. The molecule has 0 aliphatic carbocycles. The maximum absolute atomic E-state index is 5.12. The third kappa shape index (κ3) is 2.01. The number of rotatable bonds is 2. The van der Waals surface area contributed by atoms with Crippen LogP contribution in [0.25, 0.3) is 0 Å². The third-order valence-corrected chi connectivity index (χ3v) is 2.35. The Morgan fingerprint density at radius 2 is 2.00 bits per heavy atom. The summed E-state index contributed by atoms with van der Waals surface area (Å²) in [6.45, 7) is 4.18. The summed E-state index contributed by atoms with van der Waals surface area (Å²) < 4.78 is 6.13. The van der Waals surface area contributed by atoms with Gasteiger partial charge >= 0.3 is 0 Å². The lowest BCUT2D eigenvalue weighted by Crippen LogP contribution is -1.90. The van der Waals surface area contributed by atoms with Gasteiger partial charge in [0.25, 0.3) is 0 Å². The number of benzene rings is 1. The van der Waals surface area contributed by atoms with Crippen LogP contribution < -0.4 is 4.74 Å². The molecule has 0 aliphatic heterocycles. The highest BCUT2D eigenvalue weighted by atomic mass is 79.9. The van der Waals surface area contributed by atoms with Gasteiger partial charge in [0.15, 0.2) is 0 Å². The number of ether oxygens (including phenoxy) is 1. The van der Waals surface area contributed by atoms with Crippen LogP contribution in [0.3, 0.4) is 0 Å². The van der Waals surface area contributed by atoms with E-state index < -0.39 is 0 Å². The van der Waals surface area contributed by atoms with Crippen LogP contribution in [0.2, 0.25) is 0 Å². The molecule has 65 valence electrons. The van der Waals surface area contributed by atoms with E-state index >= 15 is 0 Å². The van der Waals surface area contributed by atoms with Crippen molar-refractivity contribution < 1.29 is 4.74 Å². The fourth-order valence-electron chi connectivity index (χ4n) is 0.977. The SMILES string of the molecule is COc1ccc([C](C)C)cc1Br.